The van der Waals surface area contributed by atoms with Crippen molar-refractivity contribution in [2.75, 3.05) is 14.2 Å². The van der Waals surface area contributed by atoms with Crippen LogP contribution < -0.4 is 0 Å². The fraction of sp³-hybridized carbons (Fsp3) is 0.500. The second-order valence-electron chi connectivity index (χ2n) is 2.53. The molecule has 0 aliphatic heterocycles. The lowest BCUT2D eigenvalue weighted by molar-refractivity contribution is -0.120. The molecule has 0 spiro atoms. The van der Waals surface area contributed by atoms with E-state index in [0.717, 1.165) is 14.2 Å². The summed E-state index contributed by atoms with van der Waals surface area (Å²) in [7, 11) is 1.62. The predicted octanol–water partition coefficient (Wildman–Crippen LogP) is 3.17. The van der Waals surface area contributed by atoms with Crippen LogP contribution in [0.1, 0.15) is 0 Å². The minimum absolute atomic E-state index is 0.0294. The molecule has 8 heteroatoms. The number of alkyl halides is 6. The molecule has 0 aromatic heterocycles. The van der Waals surface area contributed by atoms with Gasteiger partial charge in [-0.2, -0.15) is 26.3 Å². The summed E-state index contributed by atoms with van der Waals surface area (Å²) in [5.74, 6) is 0. The van der Waals surface area contributed by atoms with Gasteiger partial charge in [0, 0.05) is 0 Å². The third kappa shape index (κ3) is 4.03. The van der Waals surface area contributed by atoms with Crippen molar-refractivity contribution in [3.05, 3.63) is 23.7 Å². The van der Waals surface area contributed by atoms with Gasteiger partial charge in [-0.15, -0.1) is 0 Å². The molecule has 0 rings (SSSR count). The van der Waals surface area contributed by atoms with Gasteiger partial charge in [0.2, 0.25) is 0 Å². The summed E-state index contributed by atoms with van der Waals surface area (Å²) in [6.45, 7) is 0. The summed E-state index contributed by atoms with van der Waals surface area (Å²) in [5, 5.41) is 0. The molecule has 0 aromatic rings. The van der Waals surface area contributed by atoms with Gasteiger partial charge in [0.25, 0.3) is 0 Å². The SMILES string of the molecule is CO/C=C(\C(=C/OC)C(F)(F)F)C(F)(F)F. The van der Waals surface area contributed by atoms with Crippen molar-refractivity contribution < 1.29 is 35.8 Å². The van der Waals surface area contributed by atoms with Crippen molar-refractivity contribution in [2.24, 2.45) is 0 Å². The topological polar surface area (TPSA) is 18.5 Å². The zero-order chi connectivity index (χ0) is 13.0. The molecule has 0 atom stereocenters. The van der Waals surface area contributed by atoms with Crippen LogP contribution in [-0.2, 0) is 9.47 Å². The van der Waals surface area contributed by atoms with E-state index in [-0.39, 0.29) is 12.5 Å². The Morgan fingerprint density at radius 2 is 1.00 bits per heavy atom. The third-order valence-electron chi connectivity index (χ3n) is 1.37. The van der Waals surface area contributed by atoms with E-state index in [1.165, 1.54) is 0 Å². The average molecular weight is 250 g/mol. The van der Waals surface area contributed by atoms with E-state index in [9.17, 15) is 26.3 Å². The van der Waals surface area contributed by atoms with E-state index in [4.69, 9.17) is 0 Å². The van der Waals surface area contributed by atoms with Crippen LogP contribution in [0.5, 0.6) is 0 Å². The lowest BCUT2D eigenvalue weighted by atomic mass is 10.1. The second-order valence-corrected chi connectivity index (χ2v) is 2.53. The van der Waals surface area contributed by atoms with Crippen molar-refractivity contribution >= 4 is 0 Å². The van der Waals surface area contributed by atoms with Crippen molar-refractivity contribution in [1.82, 2.24) is 0 Å². The Morgan fingerprint density at radius 1 is 0.750 bits per heavy atom. The van der Waals surface area contributed by atoms with Gasteiger partial charge in [-0.3, -0.25) is 0 Å². The van der Waals surface area contributed by atoms with Gasteiger partial charge in [0.05, 0.1) is 26.7 Å². The number of rotatable bonds is 3. The highest BCUT2D eigenvalue weighted by molar-refractivity contribution is 5.36. The molecule has 0 radical (unpaired) electrons. The molecule has 0 amide bonds. The van der Waals surface area contributed by atoms with Crippen molar-refractivity contribution in [3.8, 4) is 0 Å². The number of hydrogen-bond donors (Lipinski definition) is 0. The first kappa shape index (κ1) is 14.7. The lowest BCUT2D eigenvalue weighted by Gasteiger charge is -2.16. The number of ether oxygens (including phenoxy) is 2. The third-order valence-corrected chi connectivity index (χ3v) is 1.37. The molecular weight excluding hydrogens is 242 g/mol. The van der Waals surface area contributed by atoms with Gasteiger partial charge in [-0.05, 0) is 0 Å². The maximum absolute atomic E-state index is 12.3. The molecule has 0 N–H and O–H groups in total. The van der Waals surface area contributed by atoms with Crippen LogP contribution in [-0.4, -0.2) is 26.6 Å². The minimum atomic E-state index is -5.18. The van der Waals surface area contributed by atoms with Crippen molar-refractivity contribution in [3.63, 3.8) is 0 Å². The largest absolute Gasteiger partial charge is 0.504 e. The molecule has 0 unspecified atom stereocenters. The van der Waals surface area contributed by atoms with Gasteiger partial charge in [-0.25, -0.2) is 0 Å². The molecule has 0 aliphatic carbocycles. The van der Waals surface area contributed by atoms with Crippen LogP contribution >= 0.6 is 0 Å². The maximum Gasteiger partial charge on any atom is 0.420 e. The molecule has 0 saturated heterocycles. The highest BCUT2D eigenvalue weighted by Crippen LogP contribution is 2.39. The average Bonchev–Trinajstić information content (AvgIpc) is 2.07. The van der Waals surface area contributed by atoms with Gasteiger partial charge in [-0.1, -0.05) is 0 Å². The van der Waals surface area contributed by atoms with Gasteiger partial charge >= 0.3 is 12.4 Å². The van der Waals surface area contributed by atoms with Crippen molar-refractivity contribution in [2.45, 2.75) is 12.4 Å². The second kappa shape index (κ2) is 5.13. The normalized spacial score (nSPS) is 15.0. The Bertz CT molecular complexity index is 256. The smallest absolute Gasteiger partial charge is 0.420 e. The fourth-order valence-electron chi connectivity index (χ4n) is 0.802. The van der Waals surface area contributed by atoms with Crippen LogP contribution in [0.15, 0.2) is 23.7 Å². The first-order valence-electron chi connectivity index (χ1n) is 3.75. The Morgan fingerprint density at radius 3 is 1.12 bits per heavy atom. The molecular formula is C8H8F6O2. The Labute approximate surface area is 87.1 Å². The minimum Gasteiger partial charge on any atom is -0.504 e. The number of halogens is 6. The summed E-state index contributed by atoms with van der Waals surface area (Å²) in [4.78, 5) is 0. The first-order chi connectivity index (χ1) is 7.14. The molecule has 0 bridgehead atoms. The highest BCUT2D eigenvalue weighted by Gasteiger charge is 2.47. The zero-order valence-electron chi connectivity index (χ0n) is 8.24. The molecule has 16 heavy (non-hydrogen) atoms. The maximum atomic E-state index is 12.3. The number of allylic oxidation sites excluding steroid dienone is 2. The lowest BCUT2D eigenvalue weighted by Crippen LogP contribution is -2.23. The van der Waals surface area contributed by atoms with Crippen LogP contribution in [0.3, 0.4) is 0 Å². The Balaban J connectivity index is 5.50. The van der Waals surface area contributed by atoms with Gasteiger partial charge in [0.15, 0.2) is 0 Å². The van der Waals surface area contributed by atoms with E-state index >= 15 is 0 Å². The summed E-state index contributed by atoms with van der Waals surface area (Å²) in [5.41, 5.74) is -3.91. The van der Waals surface area contributed by atoms with E-state index in [1.54, 1.807) is 0 Å². The fourth-order valence-corrected chi connectivity index (χ4v) is 0.802. The standard InChI is InChI=1S/C8H8F6O2/c1-15-3-5(7(9,10)11)6(4-16-2)8(12,13)14/h3-4H,1-2H3/b5-3+,6-4+. The van der Waals surface area contributed by atoms with Crippen molar-refractivity contribution in [1.29, 1.82) is 0 Å². The van der Waals surface area contributed by atoms with Crippen LogP contribution in [0, 0.1) is 0 Å². The van der Waals surface area contributed by atoms with E-state index in [2.05, 4.69) is 9.47 Å². The predicted molar refractivity (Wildman–Crippen MR) is 42.3 cm³/mol. The molecule has 0 fully saturated rings. The summed E-state index contributed by atoms with van der Waals surface area (Å²) in [6, 6.07) is 0. The van der Waals surface area contributed by atoms with Crippen LogP contribution in [0.25, 0.3) is 0 Å². The van der Waals surface area contributed by atoms with E-state index in [1.807, 2.05) is 0 Å². The number of methoxy groups -OCH3 is 2. The summed E-state index contributed by atoms with van der Waals surface area (Å²) < 4.78 is 81.5. The summed E-state index contributed by atoms with van der Waals surface area (Å²) in [6.07, 6.45) is -10.4. The molecule has 0 aliphatic rings. The quantitative estimate of drug-likeness (QED) is 0.435. The van der Waals surface area contributed by atoms with E-state index < -0.39 is 23.5 Å². The monoisotopic (exact) mass is 250 g/mol. The van der Waals surface area contributed by atoms with Gasteiger partial charge in [0.1, 0.15) is 11.1 Å². The summed E-state index contributed by atoms with van der Waals surface area (Å²) >= 11 is 0. The molecule has 0 aromatic carbocycles. The van der Waals surface area contributed by atoms with Crippen LogP contribution in [0.2, 0.25) is 0 Å². The molecule has 0 saturated carbocycles. The van der Waals surface area contributed by atoms with Gasteiger partial charge < -0.3 is 9.47 Å². The first-order valence-corrected chi connectivity index (χ1v) is 3.75. The Hall–Kier alpha value is -1.34. The number of hydrogen-bond acceptors (Lipinski definition) is 2. The zero-order valence-corrected chi connectivity index (χ0v) is 8.24. The molecule has 94 valence electrons. The molecule has 0 heterocycles. The molecule has 2 nitrogen and oxygen atoms in total. The Kier molecular flexibility index (Phi) is 4.70. The van der Waals surface area contributed by atoms with E-state index in [0.29, 0.717) is 0 Å². The highest BCUT2D eigenvalue weighted by atomic mass is 19.4. The van der Waals surface area contributed by atoms with Crippen LogP contribution in [0.4, 0.5) is 26.3 Å².